The largest absolute Gasteiger partial charge is 0.497 e. The first-order chi connectivity index (χ1) is 16.0. The third-order valence-corrected chi connectivity index (χ3v) is 6.40. The fraction of sp³-hybridized carbons (Fsp3) is 0.400. The molecule has 0 atom stereocenters. The van der Waals surface area contributed by atoms with Gasteiger partial charge in [0.25, 0.3) is 11.1 Å². The number of benzene rings is 2. The molecule has 1 fully saturated rings. The maximum absolute atomic E-state index is 12.8. The molecule has 2 aromatic carbocycles. The minimum atomic E-state index is -0.370. The van der Waals surface area contributed by atoms with Crippen LogP contribution >= 0.6 is 0 Å². The van der Waals surface area contributed by atoms with Crippen LogP contribution in [-0.4, -0.2) is 47.9 Å². The molecule has 0 aliphatic carbocycles. The van der Waals surface area contributed by atoms with Gasteiger partial charge < -0.3 is 14.4 Å². The predicted octanol–water partition coefficient (Wildman–Crippen LogP) is 2.58. The van der Waals surface area contributed by atoms with Crippen LogP contribution in [0.25, 0.3) is 10.8 Å². The number of nitrogens with zero attached hydrogens (tertiary/aromatic N) is 2. The molecule has 1 saturated heterocycles. The number of piperidine rings is 1. The van der Waals surface area contributed by atoms with Crippen molar-refractivity contribution >= 4 is 16.7 Å². The lowest BCUT2D eigenvalue weighted by Crippen LogP contribution is -2.43. The van der Waals surface area contributed by atoms with E-state index in [1.165, 1.54) is 5.56 Å². The molecular weight excluding hydrogens is 422 g/mol. The van der Waals surface area contributed by atoms with Gasteiger partial charge >= 0.3 is 0 Å². The van der Waals surface area contributed by atoms with E-state index >= 15 is 0 Å². The third kappa shape index (κ3) is 5.10. The first-order valence-electron chi connectivity index (χ1n) is 11.2. The summed E-state index contributed by atoms with van der Waals surface area (Å²) in [6, 6.07) is 12.6. The summed E-state index contributed by atoms with van der Waals surface area (Å²) in [6.45, 7) is 1.14. The molecule has 1 N–H and O–H groups in total. The van der Waals surface area contributed by atoms with E-state index in [4.69, 9.17) is 9.47 Å². The number of methoxy groups -OCH3 is 2. The highest BCUT2D eigenvalue weighted by molar-refractivity contribution is 5.81. The van der Waals surface area contributed by atoms with Crippen LogP contribution in [0.2, 0.25) is 0 Å². The molecule has 1 aliphatic heterocycles. The summed E-state index contributed by atoms with van der Waals surface area (Å²) in [6.07, 6.45) is 3.77. The topological polar surface area (TPSA) is 93.6 Å². The smallest absolute Gasteiger partial charge is 0.273 e. The van der Waals surface area contributed by atoms with E-state index in [9.17, 15) is 14.4 Å². The predicted molar refractivity (Wildman–Crippen MR) is 126 cm³/mol. The van der Waals surface area contributed by atoms with Gasteiger partial charge in [-0.25, -0.2) is 4.68 Å². The van der Waals surface area contributed by atoms with E-state index in [1.807, 2.05) is 18.2 Å². The van der Waals surface area contributed by atoms with Crippen LogP contribution in [0.15, 0.2) is 52.1 Å². The monoisotopic (exact) mass is 451 g/mol. The fourth-order valence-corrected chi connectivity index (χ4v) is 4.45. The maximum Gasteiger partial charge on any atom is 0.273 e. The summed E-state index contributed by atoms with van der Waals surface area (Å²) in [7, 11) is 3.29. The minimum Gasteiger partial charge on any atom is -0.497 e. The molecule has 1 amide bonds. The molecule has 0 spiro atoms. The zero-order valence-corrected chi connectivity index (χ0v) is 19.0. The average Bonchev–Trinajstić information content (AvgIpc) is 2.85. The number of likely N-dealkylation sites (tertiary alicyclic amines) is 1. The van der Waals surface area contributed by atoms with E-state index in [0.717, 1.165) is 41.9 Å². The minimum absolute atomic E-state index is 0.154. The molecule has 1 aliphatic rings. The van der Waals surface area contributed by atoms with Gasteiger partial charge in [0.2, 0.25) is 5.91 Å². The number of amides is 1. The molecule has 0 unspecified atom stereocenters. The number of ether oxygens (including phenoxy) is 2. The Labute approximate surface area is 191 Å². The number of aromatic amines is 1. The molecule has 3 aromatic rings. The summed E-state index contributed by atoms with van der Waals surface area (Å²) < 4.78 is 11.8. The zero-order valence-electron chi connectivity index (χ0n) is 19.0. The molecule has 174 valence electrons. The van der Waals surface area contributed by atoms with Crippen LogP contribution in [0.3, 0.4) is 0 Å². The first kappa shape index (κ1) is 22.6. The van der Waals surface area contributed by atoms with E-state index in [0.29, 0.717) is 29.8 Å². The first-order valence-corrected chi connectivity index (χ1v) is 11.2. The molecule has 1 aromatic heterocycles. The van der Waals surface area contributed by atoms with Crippen molar-refractivity contribution in [3.63, 3.8) is 0 Å². The van der Waals surface area contributed by atoms with Crippen molar-refractivity contribution in [1.29, 1.82) is 0 Å². The molecule has 4 rings (SSSR count). The van der Waals surface area contributed by atoms with E-state index in [2.05, 4.69) is 5.10 Å². The fourth-order valence-electron chi connectivity index (χ4n) is 4.45. The molecule has 8 heteroatoms. The molecule has 0 saturated carbocycles. The Morgan fingerprint density at radius 1 is 1.00 bits per heavy atom. The second kappa shape index (κ2) is 9.94. The Morgan fingerprint density at radius 2 is 1.64 bits per heavy atom. The highest BCUT2D eigenvalue weighted by atomic mass is 16.5. The summed E-state index contributed by atoms with van der Waals surface area (Å²) in [5, 5.41) is 3.19. The second-order valence-corrected chi connectivity index (χ2v) is 8.46. The van der Waals surface area contributed by atoms with Crippen molar-refractivity contribution < 1.29 is 14.3 Å². The molecule has 2 heterocycles. The number of hydrogen-bond donors (Lipinski definition) is 1. The van der Waals surface area contributed by atoms with Crippen LogP contribution in [0.5, 0.6) is 11.5 Å². The number of fused-ring (bicyclic) bond motifs is 1. The van der Waals surface area contributed by atoms with Gasteiger partial charge in [-0.3, -0.25) is 19.5 Å². The summed E-state index contributed by atoms with van der Waals surface area (Å²) >= 11 is 0. The second-order valence-electron chi connectivity index (χ2n) is 8.46. The summed E-state index contributed by atoms with van der Waals surface area (Å²) in [4.78, 5) is 39.5. The van der Waals surface area contributed by atoms with Crippen molar-refractivity contribution in [3.8, 4) is 11.5 Å². The molecule has 8 nitrogen and oxygen atoms in total. The third-order valence-electron chi connectivity index (χ3n) is 6.40. The van der Waals surface area contributed by atoms with Gasteiger partial charge in [-0.15, -0.1) is 0 Å². The van der Waals surface area contributed by atoms with Gasteiger partial charge in [0.05, 0.1) is 25.0 Å². The van der Waals surface area contributed by atoms with Gasteiger partial charge in [-0.1, -0.05) is 12.1 Å². The van der Waals surface area contributed by atoms with E-state index in [1.54, 1.807) is 43.4 Å². The SMILES string of the molecule is COc1cc(CCC2CCN(C(=O)Cn3[nH]c(=O)c4ccccc4c3=O)CC2)cc(OC)c1. The Kier molecular flexibility index (Phi) is 6.82. The van der Waals surface area contributed by atoms with Gasteiger partial charge in [0.1, 0.15) is 18.0 Å². The number of nitrogens with one attached hydrogen (secondary N) is 1. The number of carbonyl (C=O) groups excluding carboxylic acids is 1. The highest BCUT2D eigenvalue weighted by Gasteiger charge is 2.23. The quantitative estimate of drug-likeness (QED) is 0.596. The van der Waals surface area contributed by atoms with Crippen LogP contribution in [0.4, 0.5) is 0 Å². The lowest BCUT2D eigenvalue weighted by Gasteiger charge is -2.32. The van der Waals surface area contributed by atoms with Crippen molar-refractivity contribution in [2.45, 2.75) is 32.2 Å². The maximum atomic E-state index is 12.8. The van der Waals surface area contributed by atoms with Crippen LogP contribution in [0, 0.1) is 5.92 Å². The lowest BCUT2D eigenvalue weighted by molar-refractivity contribution is -0.133. The Hall–Kier alpha value is -3.55. The van der Waals surface area contributed by atoms with Gasteiger partial charge in [-0.05, 0) is 61.4 Å². The number of carbonyl (C=O) groups is 1. The standard InChI is InChI=1S/C25H29N3O5/c1-32-19-13-18(14-20(15-19)33-2)8-7-17-9-11-27(12-10-17)23(29)16-28-25(31)22-6-4-3-5-21(22)24(30)26-28/h3-6,13-15,17H,7-12,16H2,1-2H3,(H,26,30). The van der Waals surface area contributed by atoms with Crippen LogP contribution < -0.4 is 20.6 Å². The lowest BCUT2D eigenvalue weighted by atomic mass is 9.90. The normalized spacial score (nSPS) is 14.4. The van der Waals surface area contributed by atoms with Gasteiger partial charge in [0, 0.05) is 19.2 Å². The molecule has 0 bridgehead atoms. The van der Waals surface area contributed by atoms with Crippen molar-refractivity contribution in [1.82, 2.24) is 14.7 Å². The number of H-pyrrole nitrogens is 1. The van der Waals surface area contributed by atoms with Crippen molar-refractivity contribution in [2.24, 2.45) is 5.92 Å². The summed E-state index contributed by atoms with van der Waals surface area (Å²) in [5.41, 5.74) is 0.442. The summed E-state index contributed by atoms with van der Waals surface area (Å²) in [5.74, 6) is 1.94. The van der Waals surface area contributed by atoms with E-state index in [-0.39, 0.29) is 23.6 Å². The number of hydrogen-bond acceptors (Lipinski definition) is 5. The van der Waals surface area contributed by atoms with Crippen LogP contribution in [0.1, 0.15) is 24.8 Å². The van der Waals surface area contributed by atoms with Crippen molar-refractivity contribution in [2.75, 3.05) is 27.3 Å². The van der Waals surface area contributed by atoms with Gasteiger partial charge in [0.15, 0.2) is 0 Å². The Morgan fingerprint density at radius 3 is 2.27 bits per heavy atom. The Bertz CT molecular complexity index is 1230. The molecular formula is C25H29N3O5. The van der Waals surface area contributed by atoms with E-state index < -0.39 is 0 Å². The zero-order chi connectivity index (χ0) is 23.4. The number of aromatic nitrogens is 2. The molecule has 0 radical (unpaired) electrons. The molecule has 33 heavy (non-hydrogen) atoms. The number of rotatable bonds is 7. The van der Waals surface area contributed by atoms with Crippen molar-refractivity contribution in [3.05, 3.63) is 68.7 Å². The average molecular weight is 452 g/mol. The Balaban J connectivity index is 1.33. The number of aryl methyl sites for hydroxylation is 1. The van der Waals surface area contributed by atoms with Crippen LogP contribution in [-0.2, 0) is 17.8 Å². The van der Waals surface area contributed by atoms with Gasteiger partial charge in [-0.2, -0.15) is 0 Å². The highest BCUT2D eigenvalue weighted by Crippen LogP contribution is 2.27.